The van der Waals surface area contributed by atoms with Crippen molar-refractivity contribution in [2.45, 2.75) is 4.90 Å². The van der Waals surface area contributed by atoms with Crippen LogP contribution in [0.25, 0.3) is 27.5 Å². The maximum Gasteiger partial charge on any atom is 0.242 e. The van der Waals surface area contributed by atoms with Gasteiger partial charge in [0.05, 0.1) is 22.3 Å². The molecule has 1 N–H and O–H groups in total. The minimum Gasteiger partial charge on any atom is -0.353 e. The summed E-state index contributed by atoms with van der Waals surface area (Å²) in [7, 11) is -0.545. The van der Waals surface area contributed by atoms with Gasteiger partial charge in [0.1, 0.15) is 16.6 Å². The van der Waals surface area contributed by atoms with E-state index in [1.165, 1.54) is 18.4 Å². The third-order valence-corrected chi connectivity index (χ3v) is 6.64. The van der Waals surface area contributed by atoms with Crippen molar-refractivity contribution in [2.24, 2.45) is 0 Å². The van der Waals surface area contributed by atoms with Gasteiger partial charge in [-0.2, -0.15) is 5.10 Å². The summed E-state index contributed by atoms with van der Waals surface area (Å²) in [4.78, 5) is 13.3. The van der Waals surface area contributed by atoms with Crippen molar-refractivity contribution in [3.8, 4) is 0 Å². The van der Waals surface area contributed by atoms with Crippen molar-refractivity contribution in [3.63, 3.8) is 0 Å². The van der Waals surface area contributed by atoms with E-state index in [1.807, 2.05) is 6.07 Å². The van der Waals surface area contributed by atoms with Gasteiger partial charge < -0.3 is 5.32 Å². The Bertz CT molecular complexity index is 1530. The Kier molecular flexibility index (Phi) is 4.12. The first-order chi connectivity index (χ1) is 14.4. The van der Waals surface area contributed by atoms with Gasteiger partial charge in [-0.3, -0.25) is 9.97 Å². The molecule has 0 spiro atoms. The van der Waals surface area contributed by atoms with Crippen LogP contribution in [0.2, 0.25) is 0 Å². The van der Waals surface area contributed by atoms with Crippen LogP contribution in [0.15, 0.2) is 66.2 Å². The third-order valence-electron chi connectivity index (χ3n) is 4.83. The van der Waals surface area contributed by atoms with Crippen molar-refractivity contribution >= 4 is 48.9 Å². The molecule has 0 aliphatic rings. The summed E-state index contributed by atoms with van der Waals surface area (Å²) in [5.41, 5.74) is 4.18. The highest BCUT2D eigenvalue weighted by molar-refractivity contribution is 7.89. The Balaban J connectivity index is 1.74. The molecule has 1 aromatic carbocycles. The maximum absolute atomic E-state index is 12.5. The summed E-state index contributed by atoms with van der Waals surface area (Å²) in [6, 6.07) is 8.50. The van der Waals surface area contributed by atoms with E-state index in [0.29, 0.717) is 22.4 Å². The van der Waals surface area contributed by atoms with Gasteiger partial charge in [-0.15, -0.1) is 0 Å². The monoisotopic (exact) mass is 419 g/mol. The van der Waals surface area contributed by atoms with Crippen molar-refractivity contribution in [2.75, 3.05) is 19.4 Å². The highest BCUT2D eigenvalue weighted by Crippen LogP contribution is 2.34. The van der Waals surface area contributed by atoms with Crippen LogP contribution in [-0.4, -0.2) is 51.4 Å². The van der Waals surface area contributed by atoms with E-state index >= 15 is 0 Å². The molecule has 0 radical (unpaired) electrons. The number of fused-ring (bicyclic) bond motifs is 4. The molecule has 10 heteroatoms. The topological polar surface area (TPSA) is 105 Å². The molecule has 4 heterocycles. The number of anilines is 2. The first-order valence-electron chi connectivity index (χ1n) is 9.10. The molecule has 30 heavy (non-hydrogen) atoms. The zero-order chi connectivity index (χ0) is 20.9. The molecule has 5 rings (SSSR count). The fourth-order valence-corrected chi connectivity index (χ4v) is 4.26. The maximum atomic E-state index is 12.5. The van der Waals surface area contributed by atoms with Gasteiger partial charge in [0.25, 0.3) is 0 Å². The van der Waals surface area contributed by atoms with Gasteiger partial charge in [-0.25, -0.2) is 22.2 Å². The SMILES string of the molecule is CN(C)S(=O)(=O)c1cccc(Nc2c3cnccc3nc3c2nn2ccncc32)c1. The lowest BCUT2D eigenvalue weighted by Crippen LogP contribution is -2.22. The summed E-state index contributed by atoms with van der Waals surface area (Å²) < 4.78 is 28.0. The Hall–Kier alpha value is -3.63. The van der Waals surface area contributed by atoms with Crippen LogP contribution in [-0.2, 0) is 10.0 Å². The fraction of sp³-hybridized carbons (Fsp3) is 0.100. The molecule has 0 amide bonds. The molecular formula is C20H17N7O2S. The molecule has 0 aliphatic carbocycles. The van der Waals surface area contributed by atoms with E-state index in [9.17, 15) is 8.42 Å². The number of aromatic nitrogens is 5. The van der Waals surface area contributed by atoms with Gasteiger partial charge in [0.15, 0.2) is 0 Å². The predicted molar refractivity (Wildman–Crippen MR) is 114 cm³/mol. The van der Waals surface area contributed by atoms with Gasteiger partial charge in [-0.05, 0) is 24.3 Å². The molecule has 0 aliphatic heterocycles. The van der Waals surface area contributed by atoms with E-state index in [-0.39, 0.29) is 4.90 Å². The second-order valence-corrected chi connectivity index (χ2v) is 9.08. The number of hydrogen-bond acceptors (Lipinski definition) is 7. The third kappa shape index (κ3) is 2.85. The minimum absolute atomic E-state index is 0.199. The first-order valence-corrected chi connectivity index (χ1v) is 10.5. The lowest BCUT2D eigenvalue weighted by Gasteiger charge is -2.14. The van der Waals surface area contributed by atoms with E-state index in [2.05, 4.69) is 20.4 Å². The molecular weight excluding hydrogens is 402 g/mol. The molecule has 0 atom stereocenters. The number of sulfonamides is 1. The summed E-state index contributed by atoms with van der Waals surface area (Å²) in [5, 5.41) is 8.78. The Morgan fingerprint density at radius 3 is 2.70 bits per heavy atom. The molecule has 9 nitrogen and oxygen atoms in total. The van der Waals surface area contributed by atoms with Crippen LogP contribution in [0.1, 0.15) is 0 Å². The highest BCUT2D eigenvalue weighted by Gasteiger charge is 2.19. The Labute approximate surface area is 172 Å². The fourth-order valence-electron chi connectivity index (χ4n) is 3.31. The van der Waals surface area contributed by atoms with Crippen molar-refractivity contribution in [3.05, 3.63) is 61.3 Å². The molecule has 0 saturated heterocycles. The number of hydrogen-bond donors (Lipinski definition) is 1. The second-order valence-electron chi connectivity index (χ2n) is 6.92. The Morgan fingerprint density at radius 2 is 1.87 bits per heavy atom. The van der Waals surface area contributed by atoms with E-state index < -0.39 is 10.0 Å². The van der Waals surface area contributed by atoms with E-state index in [4.69, 9.17) is 4.98 Å². The molecule has 0 bridgehead atoms. The number of nitrogens with one attached hydrogen (secondary N) is 1. The summed E-state index contributed by atoms with van der Waals surface area (Å²) in [6.45, 7) is 0. The first kappa shape index (κ1) is 18.4. The molecule has 0 saturated carbocycles. The lowest BCUT2D eigenvalue weighted by molar-refractivity contribution is 0.521. The van der Waals surface area contributed by atoms with Crippen molar-refractivity contribution in [1.29, 1.82) is 0 Å². The van der Waals surface area contributed by atoms with Crippen LogP contribution in [0.3, 0.4) is 0 Å². The zero-order valence-electron chi connectivity index (χ0n) is 16.2. The average Bonchev–Trinajstić information content (AvgIpc) is 3.12. The van der Waals surface area contributed by atoms with Gasteiger partial charge in [-0.1, -0.05) is 6.07 Å². The quantitative estimate of drug-likeness (QED) is 0.477. The van der Waals surface area contributed by atoms with E-state index in [1.54, 1.807) is 59.8 Å². The second kappa shape index (κ2) is 6.71. The molecule has 0 unspecified atom stereocenters. The van der Waals surface area contributed by atoms with E-state index in [0.717, 1.165) is 16.4 Å². The lowest BCUT2D eigenvalue weighted by atomic mass is 10.2. The number of rotatable bonds is 4. The number of benzene rings is 1. The van der Waals surface area contributed by atoms with Crippen LogP contribution >= 0.6 is 0 Å². The summed E-state index contributed by atoms with van der Waals surface area (Å²) in [5.74, 6) is 0. The van der Waals surface area contributed by atoms with Gasteiger partial charge in [0, 0.05) is 50.0 Å². The highest BCUT2D eigenvalue weighted by atomic mass is 32.2. The molecule has 150 valence electrons. The molecule has 0 fully saturated rings. The number of nitrogens with zero attached hydrogens (tertiary/aromatic N) is 6. The summed E-state index contributed by atoms with van der Waals surface area (Å²) >= 11 is 0. The standard InChI is InChI=1S/C20H17N7O2S/c1-26(2)30(28,29)14-5-3-4-13(10-14)23-18-15-11-21-7-6-16(15)24-19-17-12-22-8-9-27(17)25-20(18)19/h3-12,23H,1-2H3. The predicted octanol–water partition coefficient (Wildman–Crippen LogP) is 2.82. The summed E-state index contributed by atoms with van der Waals surface area (Å²) in [6.07, 6.45) is 8.52. The van der Waals surface area contributed by atoms with Gasteiger partial charge in [0.2, 0.25) is 10.0 Å². The smallest absolute Gasteiger partial charge is 0.242 e. The van der Waals surface area contributed by atoms with Crippen molar-refractivity contribution < 1.29 is 8.42 Å². The zero-order valence-corrected chi connectivity index (χ0v) is 17.0. The van der Waals surface area contributed by atoms with Crippen LogP contribution in [0.4, 0.5) is 11.4 Å². The molecule has 5 aromatic rings. The number of pyridine rings is 2. The largest absolute Gasteiger partial charge is 0.353 e. The molecule has 4 aromatic heterocycles. The Morgan fingerprint density at radius 1 is 1.03 bits per heavy atom. The van der Waals surface area contributed by atoms with Crippen molar-refractivity contribution in [1.82, 2.24) is 28.9 Å². The van der Waals surface area contributed by atoms with Crippen LogP contribution < -0.4 is 5.32 Å². The van der Waals surface area contributed by atoms with Crippen LogP contribution in [0, 0.1) is 0 Å². The van der Waals surface area contributed by atoms with Gasteiger partial charge >= 0.3 is 0 Å². The minimum atomic E-state index is -3.56. The normalized spacial score (nSPS) is 12.2. The van der Waals surface area contributed by atoms with Crippen LogP contribution in [0.5, 0.6) is 0 Å². The average molecular weight is 419 g/mol.